The zero-order chi connectivity index (χ0) is 15.0. The molecular weight excluding hydrogens is 272 g/mol. The third-order valence-corrected chi connectivity index (χ3v) is 4.17. The van der Waals surface area contributed by atoms with Gasteiger partial charge in [-0.15, -0.1) is 0 Å². The predicted octanol–water partition coefficient (Wildman–Crippen LogP) is 1.89. The molecule has 9 nitrogen and oxygen atoms in total. The van der Waals surface area contributed by atoms with E-state index in [-0.39, 0.29) is 24.2 Å². The van der Waals surface area contributed by atoms with Gasteiger partial charge in [0.15, 0.2) is 11.5 Å². The third kappa shape index (κ3) is 2.16. The molecule has 1 aliphatic rings. The normalized spacial score (nSPS) is 28.7. The number of nitrogen functional groups attached to an aromatic ring is 1. The van der Waals surface area contributed by atoms with E-state index in [0.717, 1.165) is 0 Å². The van der Waals surface area contributed by atoms with Gasteiger partial charge in [-0.3, -0.25) is 4.57 Å². The van der Waals surface area contributed by atoms with Crippen molar-refractivity contribution in [2.24, 2.45) is 17.0 Å². The van der Waals surface area contributed by atoms with Crippen LogP contribution in [0.2, 0.25) is 0 Å². The Labute approximate surface area is 120 Å². The predicted molar refractivity (Wildman–Crippen MR) is 76.0 cm³/mol. The van der Waals surface area contributed by atoms with E-state index in [2.05, 4.69) is 38.8 Å². The van der Waals surface area contributed by atoms with E-state index < -0.39 is 0 Å². The Morgan fingerprint density at radius 1 is 1.38 bits per heavy atom. The van der Waals surface area contributed by atoms with Gasteiger partial charge in [0.1, 0.15) is 18.1 Å². The summed E-state index contributed by atoms with van der Waals surface area (Å²) in [5.41, 5.74) is 15.5. The second-order valence-corrected chi connectivity index (χ2v) is 5.28. The second-order valence-electron chi connectivity index (χ2n) is 5.28. The summed E-state index contributed by atoms with van der Waals surface area (Å²) in [6.45, 7) is 4.51. The summed E-state index contributed by atoms with van der Waals surface area (Å²) < 4.78 is 7.90. The first kappa shape index (κ1) is 13.6. The summed E-state index contributed by atoms with van der Waals surface area (Å²) in [6.07, 6.45) is 2.76. The Balaban J connectivity index is 1.95. The molecule has 2 aromatic heterocycles. The van der Waals surface area contributed by atoms with Gasteiger partial charge in [-0.1, -0.05) is 19.0 Å². The number of imidazole rings is 1. The van der Waals surface area contributed by atoms with Crippen molar-refractivity contribution in [3.63, 3.8) is 0 Å². The first-order valence-electron chi connectivity index (χ1n) is 6.72. The van der Waals surface area contributed by atoms with E-state index in [1.165, 1.54) is 6.33 Å². The van der Waals surface area contributed by atoms with Crippen LogP contribution < -0.4 is 5.73 Å². The van der Waals surface area contributed by atoms with Gasteiger partial charge < -0.3 is 10.5 Å². The number of fused-ring (bicyclic) bond motifs is 1. The van der Waals surface area contributed by atoms with Crippen molar-refractivity contribution in [3.8, 4) is 0 Å². The van der Waals surface area contributed by atoms with Crippen LogP contribution in [0.3, 0.4) is 0 Å². The van der Waals surface area contributed by atoms with E-state index >= 15 is 0 Å². The highest BCUT2D eigenvalue weighted by atomic mass is 16.5. The maximum Gasteiger partial charge on any atom is 0.167 e. The lowest BCUT2D eigenvalue weighted by Crippen LogP contribution is -2.18. The van der Waals surface area contributed by atoms with Crippen LogP contribution >= 0.6 is 0 Å². The van der Waals surface area contributed by atoms with Gasteiger partial charge in [-0.2, -0.15) is 0 Å². The number of azide groups is 1. The van der Waals surface area contributed by atoms with Gasteiger partial charge in [0.25, 0.3) is 0 Å². The molecule has 2 aromatic rings. The number of anilines is 1. The number of nitrogens with two attached hydrogens (primary N) is 1. The molecule has 4 atom stereocenters. The Morgan fingerprint density at radius 3 is 2.95 bits per heavy atom. The fraction of sp³-hybridized carbons (Fsp3) is 0.583. The average Bonchev–Trinajstić information content (AvgIpc) is 3.02. The fourth-order valence-electron chi connectivity index (χ4n) is 2.73. The number of aromatic nitrogens is 4. The lowest BCUT2D eigenvalue weighted by atomic mass is 9.93. The molecule has 1 aliphatic heterocycles. The first-order chi connectivity index (χ1) is 10.1. The van der Waals surface area contributed by atoms with Gasteiger partial charge >= 0.3 is 0 Å². The Morgan fingerprint density at radius 2 is 2.19 bits per heavy atom. The lowest BCUT2D eigenvalue weighted by molar-refractivity contribution is -0.00644. The maximum absolute atomic E-state index is 8.46. The number of rotatable bonds is 3. The summed E-state index contributed by atoms with van der Waals surface area (Å²) in [5.74, 6) is 0.845. The number of hydrogen-bond acceptors (Lipinski definition) is 6. The molecule has 2 N–H and O–H groups in total. The largest absolute Gasteiger partial charge is 0.382 e. The molecular formula is C12H16N8O. The van der Waals surface area contributed by atoms with Crippen LogP contribution in [0.4, 0.5) is 5.82 Å². The molecule has 0 saturated carbocycles. The van der Waals surface area contributed by atoms with Crippen LogP contribution in [-0.4, -0.2) is 32.2 Å². The summed E-state index contributed by atoms with van der Waals surface area (Å²) in [7, 11) is 0. The molecule has 0 bridgehead atoms. The fourth-order valence-corrected chi connectivity index (χ4v) is 2.73. The highest BCUT2D eigenvalue weighted by Gasteiger charge is 2.40. The van der Waals surface area contributed by atoms with E-state index in [9.17, 15) is 0 Å². The molecule has 0 aromatic carbocycles. The van der Waals surface area contributed by atoms with Crippen molar-refractivity contribution in [2.75, 3.05) is 12.3 Å². The minimum atomic E-state index is -0.210. The molecule has 21 heavy (non-hydrogen) atoms. The minimum absolute atomic E-state index is 0.113. The summed E-state index contributed by atoms with van der Waals surface area (Å²) in [5, 5.41) is 3.62. The van der Waals surface area contributed by atoms with Crippen LogP contribution in [-0.2, 0) is 4.74 Å². The summed E-state index contributed by atoms with van der Waals surface area (Å²) in [6, 6.07) is 0. The number of ether oxygens (including phenoxy) is 1. The molecule has 3 heterocycles. The van der Waals surface area contributed by atoms with Gasteiger partial charge in [0.05, 0.1) is 19.0 Å². The van der Waals surface area contributed by atoms with E-state index in [1.54, 1.807) is 6.33 Å². The Kier molecular flexibility index (Phi) is 3.36. The number of nitrogens with zero attached hydrogens (tertiary/aromatic N) is 7. The standard InChI is InChI=1S/C12H16N8O/c1-6-7(2)12(21-8(6)3-18-19-14)20-5-17-9-10(13)15-4-16-11(9)20/h4-8,12H,3H2,1-2H3,(H2,13,15,16)/t6-,7?,8-,12-/m1/s1. The molecule has 1 unspecified atom stereocenters. The van der Waals surface area contributed by atoms with Gasteiger partial charge in [0, 0.05) is 10.8 Å². The molecule has 0 spiro atoms. The van der Waals surface area contributed by atoms with Crippen molar-refractivity contribution < 1.29 is 4.74 Å². The average molecular weight is 288 g/mol. The molecule has 0 radical (unpaired) electrons. The summed E-state index contributed by atoms with van der Waals surface area (Å²) >= 11 is 0. The van der Waals surface area contributed by atoms with Crippen molar-refractivity contribution in [1.82, 2.24) is 19.5 Å². The van der Waals surface area contributed by atoms with Crippen molar-refractivity contribution in [3.05, 3.63) is 23.1 Å². The monoisotopic (exact) mass is 288 g/mol. The third-order valence-electron chi connectivity index (χ3n) is 4.17. The topological polar surface area (TPSA) is 128 Å². The second kappa shape index (κ2) is 5.19. The van der Waals surface area contributed by atoms with Crippen molar-refractivity contribution >= 4 is 17.0 Å². The molecule has 3 rings (SSSR count). The lowest BCUT2D eigenvalue weighted by Gasteiger charge is -2.17. The van der Waals surface area contributed by atoms with E-state index in [1.807, 2.05) is 4.57 Å². The molecule has 9 heteroatoms. The molecule has 110 valence electrons. The highest BCUT2D eigenvalue weighted by molar-refractivity contribution is 5.81. The molecule has 1 saturated heterocycles. The van der Waals surface area contributed by atoms with Gasteiger partial charge in [-0.05, 0) is 11.4 Å². The Hall–Kier alpha value is -2.38. The zero-order valence-corrected chi connectivity index (χ0v) is 11.8. The molecule has 0 aliphatic carbocycles. The summed E-state index contributed by atoms with van der Waals surface area (Å²) in [4.78, 5) is 15.2. The quantitative estimate of drug-likeness (QED) is 0.524. The SMILES string of the molecule is CC1[C@@H](C)[C@@H](CN=[N+]=[N-])O[C@H]1n1cnc2c(N)ncnc21. The van der Waals surface area contributed by atoms with E-state index in [4.69, 9.17) is 16.0 Å². The van der Waals surface area contributed by atoms with Gasteiger partial charge in [-0.25, -0.2) is 15.0 Å². The molecule has 1 fully saturated rings. The van der Waals surface area contributed by atoms with Crippen LogP contribution in [0, 0.1) is 11.8 Å². The smallest absolute Gasteiger partial charge is 0.167 e. The van der Waals surface area contributed by atoms with Crippen LogP contribution in [0.15, 0.2) is 17.8 Å². The van der Waals surface area contributed by atoms with Crippen LogP contribution in [0.1, 0.15) is 20.1 Å². The van der Waals surface area contributed by atoms with Gasteiger partial charge in [0.2, 0.25) is 0 Å². The van der Waals surface area contributed by atoms with E-state index in [0.29, 0.717) is 23.5 Å². The first-order valence-corrected chi connectivity index (χ1v) is 6.72. The van der Waals surface area contributed by atoms with Crippen molar-refractivity contribution in [2.45, 2.75) is 26.2 Å². The number of hydrogen-bond donors (Lipinski definition) is 1. The highest BCUT2D eigenvalue weighted by Crippen LogP contribution is 2.40. The minimum Gasteiger partial charge on any atom is -0.382 e. The van der Waals surface area contributed by atoms with Crippen molar-refractivity contribution in [1.29, 1.82) is 0 Å². The van der Waals surface area contributed by atoms with Crippen LogP contribution in [0.5, 0.6) is 0 Å². The maximum atomic E-state index is 8.46. The molecule has 0 amide bonds. The zero-order valence-electron chi connectivity index (χ0n) is 11.8. The Bertz CT molecular complexity index is 706. The van der Waals surface area contributed by atoms with Crippen LogP contribution in [0.25, 0.3) is 21.6 Å².